The summed E-state index contributed by atoms with van der Waals surface area (Å²) in [6.07, 6.45) is 0. The Bertz CT molecular complexity index is 2880. The monoisotopic (exact) mass is 625 g/mol. The highest BCUT2D eigenvalue weighted by molar-refractivity contribution is 6.31. The fourth-order valence-corrected chi connectivity index (χ4v) is 7.20. The molecule has 49 heavy (non-hydrogen) atoms. The van der Waals surface area contributed by atoms with E-state index >= 15 is 0 Å². The van der Waals surface area contributed by atoms with Crippen LogP contribution in [0.4, 0.5) is 0 Å². The highest BCUT2D eigenvalue weighted by Gasteiger charge is 2.22. The van der Waals surface area contributed by atoms with Crippen molar-refractivity contribution in [3.8, 4) is 45.3 Å². The first-order valence-corrected chi connectivity index (χ1v) is 16.4. The molecule has 8 aromatic carbocycles. The van der Waals surface area contributed by atoms with Gasteiger partial charge in [-0.15, -0.1) is 0 Å². The molecule has 4 nitrogen and oxygen atoms in total. The van der Waals surface area contributed by atoms with Crippen molar-refractivity contribution in [2.24, 2.45) is 0 Å². The molecule has 0 fully saturated rings. The molecule has 2 aromatic heterocycles. The number of para-hydroxylation sites is 1. The molecule has 228 valence electrons. The Labute approximate surface area is 282 Å². The van der Waals surface area contributed by atoms with E-state index in [4.69, 9.17) is 19.4 Å². The number of rotatable bonds is 4. The van der Waals surface area contributed by atoms with Gasteiger partial charge in [0.1, 0.15) is 11.2 Å². The summed E-state index contributed by atoms with van der Waals surface area (Å²) in [7, 11) is 0. The number of fused-ring (bicyclic) bond motifs is 8. The minimum Gasteiger partial charge on any atom is -0.456 e. The summed E-state index contributed by atoms with van der Waals surface area (Å²) < 4.78 is 6.59. The molecule has 0 saturated carbocycles. The van der Waals surface area contributed by atoms with E-state index in [9.17, 15) is 0 Å². The summed E-state index contributed by atoms with van der Waals surface area (Å²) >= 11 is 0. The summed E-state index contributed by atoms with van der Waals surface area (Å²) in [5.41, 5.74) is 6.72. The summed E-state index contributed by atoms with van der Waals surface area (Å²) in [4.78, 5) is 15.5. The molecule has 0 aliphatic heterocycles. The van der Waals surface area contributed by atoms with E-state index in [1.807, 2.05) is 42.5 Å². The zero-order valence-electron chi connectivity index (χ0n) is 26.3. The van der Waals surface area contributed by atoms with Gasteiger partial charge in [-0.3, -0.25) is 0 Å². The van der Waals surface area contributed by atoms with Gasteiger partial charge in [0.2, 0.25) is 0 Å². The summed E-state index contributed by atoms with van der Waals surface area (Å²) in [5, 5.41) is 9.02. The lowest BCUT2D eigenvalue weighted by molar-refractivity contribution is 0.669. The van der Waals surface area contributed by atoms with Crippen molar-refractivity contribution in [3.63, 3.8) is 0 Å². The SMILES string of the molecule is c1ccc(-c2nc(-c3ccc4ccccc4c3)nc(-c3cc4oc5ccccc5c4c4c3cc(-c3ccccc3)c3ccccc34)n2)cc1. The molecule has 10 rings (SSSR count). The van der Waals surface area contributed by atoms with Crippen molar-refractivity contribution < 1.29 is 4.42 Å². The van der Waals surface area contributed by atoms with Crippen LogP contribution in [0.3, 0.4) is 0 Å². The Morgan fingerprint density at radius 1 is 0.327 bits per heavy atom. The number of benzene rings is 8. The Morgan fingerprint density at radius 3 is 1.73 bits per heavy atom. The Kier molecular flexibility index (Phi) is 6.15. The molecule has 0 bridgehead atoms. The molecule has 0 radical (unpaired) electrons. The van der Waals surface area contributed by atoms with E-state index in [2.05, 4.69) is 121 Å². The van der Waals surface area contributed by atoms with Crippen LogP contribution in [0.2, 0.25) is 0 Å². The summed E-state index contributed by atoms with van der Waals surface area (Å²) in [6, 6.07) is 56.9. The average molecular weight is 626 g/mol. The van der Waals surface area contributed by atoms with Crippen molar-refractivity contribution in [2.75, 3.05) is 0 Å². The normalized spacial score (nSPS) is 11.7. The van der Waals surface area contributed by atoms with Crippen molar-refractivity contribution in [3.05, 3.63) is 164 Å². The first-order chi connectivity index (χ1) is 24.3. The second-order valence-corrected chi connectivity index (χ2v) is 12.4. The van der Waals surface area contributed by atoms with E-state index in [0.29, 0.717) is 17.5 Å². The number of furan rings is 1. The van der Waals surface area contributed by atoms with Gasteiger partial charge < -0.3 is 4.42 Å². The number of aromatic nitrogens is 3. The summed E-state index contributed by atoms with van der Waals surface area (Å²) in [5.74, 6) is 1.84. The first kappa shape index (κ1) is 27.5. The van der Waals surface area contributed by atoms with Gasteiger partial charge in [-0.25, -0.2) is 15.0 Å². The molecular formula is C45H27N3O. The van der Waals surface area contributed by atoms with Crippen molar-refractivity contribution >= 4 is 54.3 Å². The van der Waals surface area contributed by atoms with Crippen molar-refractivity contribution in [2.45, 2.75) is 0 Å². The maximum absolute atomic E-state index is 6.59. The molecule has 0 amide bonds. The van der Waals surface area contributed by atoms with Crippen LogP contribution >= 0.6 is 0 Å². The average Bonchev–Trinajstić information content (AvgIpc) is 3.56. The Balaban J connectivity index is 1.35. The van der Waals surface area contributed by atoms with E-state index in [1.165, 1.54) is 10.8 Å². The molecule has 0 atom stereocenters. The van der Waals surface area contributed by atoms with Crippen LogP contribution in [0.1, 0.15) is 0 Å². The fraction of sp³-hybridized carbons (Fsp3) is 0. The molecule has 2 heterocycles. The Hall–Kier alpha value is -6.65. The second kappa shape index (κ2) is 11.0. The molecule has 10 aromatic rings. The third-order valence-electron chi connectivity index (χ3n) is 9.48. The topological polar surface area (TPSA) is 51.8 Å². The van der Waals surface area contributed by atoms with Crippen LogP contribution < -0.4 is 0 Å². The largest absolute Gasteiger partial charge is 0.456 e. The zero-order valence-corrected chi connectivity index (χ0v) is 26.3. The highest BCUT2D eigenvalue weighted by Crippen LogP contribution is 2.45. The number of hydrogen-bond donors (Lipinski definition) is 0. The number of nitrogens with zero attached hydrogens (tertiary/aromatic N) is 3. The predicted octanol–water partition coefficient (Wildman–Crippen LogP) is 11.9. The van der Waals surface area contributed by atoms with Crippen LogP contribution in [0.25, 0.3) is 99.5 Å². The van der Waals surface area contributed by atoms with Crippen LogP contribution in [-0.2, 0) is 0 Å². The van der Waals surface area contributed by atoms with Gasteiger partial charge in [0.05, 0.1) is 0 Å². The number of hydrogen-bond acceptors (Lipinski definition) is 4. The smallest absolute Gasteiger partial charge is 0.164 e. The van der Waals surface area contributed by atoms with Gasteiger partial charge in [-0.05, 0) is 62.3 Å². The lowest BCUT2D eigenvalue weighted by Gasteiger charge is -2.15. The third-order valence-corrected chi connectivity index (χ3v) is 9.48. The fourth-order valence-electron chi connectivity index (χ4n) is 7.20. The lowest BCUT2D eigenvalue weighted by atomic mass is 9.89. The van der Waals surface area contributed by atoms with Gasteiger partial charge >= 0.3 is 0 Å². The summed E-state index contributed by atoms with van der Waals surface area (Å²) in [6.45, 7) is 0. The quantitative estimate of drug-likeness (QED) is 0.183. The maximum Gasteiger partial charge on any atom is 0.164 e. The van der Waals surface area contributed by atoms with E-state index in [1.54, 1.807) is 0 Å². The molecular weight excluding hydrogens is 599 g/mol. The molecule has 4 heteroatoms. The predicted molar refractivity (Wildman–Crippen MR) is 201 cm³/mol. The molecule has 0 aliphatic rings. The lowest BCUT2D eigenvalue weighted by Crippen LogP contribution is -2.01. The molecule has 0 spiro atoms. The second-order valence-electron chi connectivity index (χ2n) is 12.4. The van der Waals surface area contributed by atoms with Crippen molar-refractivity contribution in [1.29, 1.82) is 0 Å². The zero-order chi connectivity index (χ0) is 32.3. The van der Waals surface area contributed by atoms with E-state index in [0.717, 1.165) is 71.3 Å². The van der Waals surface area contributed by atoms with E-state index < -0.39 is 0 Å². The molecule has 0 saturated heterocycles. The first-order valence-electron chi connectivity index (χ1n) is 16.4. The van der Waals surface area contributed by atoms with Crippen LogP contribution in [0, 0.1) is 0 Å². The molecule has 0 aliphatic carbocycles. The molecule has 0 N–H and O–H groups in total. The van der Waals surface area contributed by atoms with Crippen LogP contribution in [0.15, 0.2) is 168 Å². The van der Waals surface area contributed by atoms with Crippen LogP contribution in [-0.4, -0.2) is 15.0 Å². The third kappa shape index (κ3) is 4.49. The van der Waals surface area contributed by atoms with Gasteiger partial charge in [-0.1, -0.05) is 140 Å². The minimum atomic E-state index is 0.596. The maximum atomic E-state index is 6.59. The van der Waals surface area contributed by atoms with E-state index in [-0.39, 0.29) is 0 Å². The van der Waals surface area contributed by atoms with Crippen LogP contribution in [0.5, 0.6) is 0 Å². The Morgan fingerprint density at radius 2 is 0.939 bits per heavy atom. The minimum absolute atomic E-state index is 0.596. The highest BCUT2D eigenvalue weighted by atomic mass is 16.3. The van der Waals surface area contributed by atoms with Crippen molar-refractivity contribution in [1.82, 2.24) is 15.0 Å². The van der Waals surface area contributed by atoms with Gasteiger partial charge in [-0.2, -0.15) is 0 Å². The molecule has 0 unspecified atom stereocenters. The standard InChI is InChI=1S/C45H27N3O/c1-3-14-29(15-4-1)36-26-37-38(27-40-42(35-21-11-12-22-39(35)49-40)41(37)34-20-10-9-19-33(34)36)45-47-43(30-16-5-2-6-17-30)46-44(48-45)32-24-23-28-13-7-8-18-31(28)25-32/h1-27H. The van der Waals surface area contributed by atoms with Gasteiger partial charge in [0.15, 0.2) is 17.5 Å². The van der Waals surface area contributed by atoms with Gasteiger partial charge in [0, 0.05) is 32.8 Å². The van der Waals surface area contributed by atoms with Gasteiger partial charge in [0.25, 0.3) is 0 Å².